The number of carbonyl (C=O) groups is 3. The maximum absolute atomic E-state index is 12.6. The van der Waals surface area contributed by atoms with Crippen LogP contribution in [0, 0.1) is 0 Å². The molecule has 1 aromatic rings. The molecule has 7 nitrogen and oxygen atoms in total. The number of amides is 2. The van der Waals surface area contributed by atoms with E-state index in [0.717, 1.165) is 5.56 Å². The number of rotatable bonds is 9. The molecule has 0 N–H and O–H groups in total. The van der Waals surface area contributed by atoms with Crippen molar-refractivity contribution in [2.45, 2.75) is 13.0 Å². The van der Waals surface area contributed by atoms with Gasteiger partial charge in [0.25, 0.3) is 0 Å². The molecule has 1 aliphatic rings. The second kappa shape index (κ2) is 11.6. The number of esters is 1. The molecule has 0 spiro atoms. The highest BCUT2D eigenvalue weighted by Crippen LogP contribution is 2.11. The zero-order valence-corrected chi connectivity index (χ0v) is 16.4. The monoisotopic (exact) mass is 394 g/mol. The van der Waals surface area contributed by atoms with Gasteiger partial charge in [0, 0.05) is 26.2 Å². The van der Waals surface area contributed by atoms with Gasteiger partial charge >= 0.3 is 5.97 Å². The molecule has 0 radical (unpaired) electrons. The third-order valence-corrected chi connectivity index (χ3v) is 5.10. The Morgan fingerprint density at radius 2 is 1.85 bits per heavy atom. The van der Waals surface area contributed by atoms with Crippen LogP contribution in [0.1, 0.15) is 12.0 Å². The Bertz CT molecular complexity index is 620. The number of nitrogens with zero attached hydrogens (tertiary/aromatic N) is 2. The lowest BCUT2D eigenvalue weighted by molar-refractivity contribution is -0.141. The number of thioether (sulfide) groups is 1. The summed E-state index contributed by atoms with van der Waals surface area (Å²) in [6, 6.07) is 9.61. The molecule has 1 heterocycles. The molecule has 1 aliphatic heterocycles. The molecule has 1 fully saturated rings. The Kier molecular flexibility index (Phi) is 9.13. The van der Waals surface area contributed by atoms with Gasteiger partial charge in [-0.15, -0.1) is 11.8 Å². The predicted octanol–water partition coefficient (Wildman–Crippen LogP) is 1.17. The summed E-state index contributed by atoms with van der Waals surface area (Å²) >= 11 is 1.30. The largest absolute Gasteiger partial charge is 0.469 e. The third kappa shape index (κ3) is 7.60. The molecule has 1 aromatic carbocycles. The molecule has 0 saturated carbocycles. The van der Waals surface area contributed by atoms with Crippen molar-refractivity contribution in [3.8, 4) is 0 Å². The number of ether oxygens (including phenoxy) is 2. The van der Waals surface area contributed by atoms with Gasteiger partial charge in [-0.25, -0.2) is 0 Å². The zero-order valence-electron chi connectivity index (χ0n) is 15.6. The van der Waals surface area contributed by atoms with Crippen molar-refractivity contribution in [3.63, 3.8) is 0 Å². The van der Waals surface area contributed by atoms with E-state index in [-0.39, 0.29) is 35.7 Å². The summed E-state index contributed by atoms with van der Waals surface area (Å²) in [5.41, 5.74) is 0.991. The first-order chi connectivity index (χ1) is 13.1. The van der Waals surface area contributed by atoms with Crippen molar-refractivity contribution < 1.29 is 23.9 Å². The SMILES string of the molecule is COC(=O)CCN(Cc1ccccc1)C(=O)CSCC(=O)N1CCOCC1. The zero-order chi connectivity index (χ0) is 19.5. The van der Waals surface area contributed by atoms with Crippen LogP contribution in [0.5, 0.6) is 0 Å². The third-order valence-electron chi connectivity index (χ3n) is 4.20. The summed E-state index contributed by atoms with van der Waals surface area (Å²) in [5.74, 6) is 0.0465. The van der Waals surface area contributed by atoms with Gasteiger partial charge in [0.2, 0.25) is 11.8 Å². The van der Waals surface area contributed by atoms with Crippen molar-refractivity contribution in [2.75, 3.05) is 51.5 Å². The van der Waals surface area contributed by atoms with E-state index < -0.39 is 0 Å². The van der Waals surface area contributed by atoms with Crippen LogP contribution >= 0.6 is 11.8 Å². The summed E-state index contributed by atoms with van der Waals surface area (Å²) in [7, 11) is 1.33. The highest BCUT2D eigenvalue weighted by molar-refractivity contribution is 8.00. The fraction of sp³-hybridized carbons (Fsp3) is 0.526. The van der Waals surface area contributed by atoms with Crippen LogP contribution in [0.4, 0.5) is 0 Å². The molecule has 0 unspecified atom stereocenters. The summed E-state index contributed by atoms with van der Waals surface area (Å²) < 4.78 is 9.90. The molecule has 8 heteroatoms. The second-order valence-corrected chi connectivity index (χ2v) is 7.10. The van der Waals surface area contributed by atoms with Crippen LogP contribution in [0.15, 0.2) is 30.3 Å². The van der Waals surface area contributed by atoms with Gasteiger partial charge in [-0.05, 0) is 5.56 Å². The molecular formula is C19H26N2O5S. The Morgan fingerprint density at radius 3 is 2.52 bits per heavy atom. The van der Waals surface area contributed by atoms with Crippen molar-refractivity contribution >= 4 is 29.5 Å². The van der Waals surface area contributed by atoms with E-state index in [1.165, 1.54) is 18.9 Å². The maximum Gasteiger partial charge on any atom is 0.307 e. The van der Waals surface area contributed by atoms with Crippen molar-refractivity contribution in [3.05, 3.63) is 35.9 Å². The van der Waals surface area contributed by atoms with Gasteiger partial charge in [0.05, 0.1) is 38.3 Å². The number of carbonyl (C=O) groups excluding carboxylic acids is 3. The van der Waals surface area contributed by atoms with E-state index in [0.29, 0.717) is 39.4 Å². The lowest BCUT2D eigenvalue weighted by atomic mass is 10.2. The van der Waals surface area contributed by atoms with Crippen LogP contribution in [-0.4, -0.2) is 79.0 Å². The van der Waals surface area contributed by atoms with Gasteiger partial charge in [-0.2, -0.15) is 0 Å². The molecule has 27 heavy (non-hydrogen) atoms. The Balaban J connectivity index is 1.83. The fourth-order valence-electron chi connectivity index (χ4n) is 2.65. The van der Waals surface area contributed by atoms with Gasteiger partial charge in [0.15, 0.2) is 0 Å². The smallest absolute Gasteiger partial charge is 0.307 e. The topological polar surface area (TPSA) is 76.2 Å². The van der Waals surface area contributed by atoms with Crippen LogP contribution in [0.25, 0.3) is 0 Å². The van der Waals surface area contributed by atoms with Crippen molar-refractivity contribution in [2.24, 2.45) is 0 Å². The molecule has 2 rings (SSSR count). The number of benzene rings is 1. The summed E-state index contributed by atoms with van der Waals surface area (Å²) in [6.45, 7) is 3.05. The van der Waals surface area contributed by atoms with E-state index >= 15 is 0 Å². The molecule has 0 bridgehead atoms. The van der Waals surface area contributed by atoms with Crippen molar-refractivity contribution in [1.82, 2.24) is 9.80 Å². The van der Waals surface area contributed by atoms with E-state index in [4.69, 9.17) is 4.74 Å². The second-order valence-electron chi connectivity index (χ2n) is 6.11. The van der Waals surface area contributed by atoms with E-state index in [1.54, 1.807) is 9.80 Å². The minimum atomic E-state index is -0.351. The number of morpholine rings is 1. The molecular weight excluding hydrogens is 368 g/mol. The lowest BCUT2D eigenvalue weighted by Crippen LogP contribution is -2.42. The average molecular weight is 394 g/mol. The Labute approximate surface area is 164 Å². The molecule has 0 aromatic heterocycles. The highest BCUT2D eigenvalue weighted by Gasteiger charge is 2.19. The van der Waals surface area contributed by atoms with Gasteiger partial charge in [-0.1, -0.05) is 30.3 Å². The first kappa shape index (κ1) is 21.2. The number of hydrogen-bond donors (Lipinski definition) is 0. The molecule has 2 amide bonds. The fourth-order valence-corrected chi connectivity index (χ4v) is 3.46. The first-order valence-electron chi connectivity index (χ1n) is 8.92. The molecule has 0 atom stereocenters. The quantitative estimate of drug-likeness (QED) is 0.585. The van der Waals surface area contributed by atoms with Crippen LogP contribution < -0.4 is 0 Å². The van der Waals surface area contributed by atoms with Crippen LogP contribution in [0.3, 0.4) is 0 Å². The Morgan fingerprint density at radius 1 is 1.15 bits per heavy atom. The summed E-state index contributed by atoms with van der Waals surface area (Å²) in [4.78, 5) is 39.6. The van der Waals surface area contributed by atoms with E-state index in [9.17, 15) is 14.4 Å². The summed E-state index contributed by atoms with van der Waals surface area (Å²) in [6.07, 6.45) is 0.145. The van der Waals surface area contributed by atoms with Crippen LogP contribution in [-0.2, 0) is 30.4 Å². The predicted molar refractivity (Wildman–Crippen MR) is 103 cm³/mol. The maximum atomic E-state index is 12.6. The van der Waals surface area contributed by atoms with E-state index in [2.05, 4.69) is 4.74 Å². The van der Waals surface area contributed by atoms with E-state index in [1.807, 2.05) is 30.3 Å². The average Bonchev–Trinajstić information content (AvgIpc) is 2.71. The number of methoxy groups -OCH3 is 1. The normalized spacial score (nSPS) is 13.9. The summed E-state index contributed by atoms with van der Waals surface area (Å²) in [5, 5.41) is 0. The van der Waals surface area contributed by atoms with Gasteiger partial charge < -0.3 is 19.3 Å². The first-order valence-corrected chi connectivity index (χ1v) is 10.1. The highest BCUT2D eigenvalue weighted by atomic mass is 32.2. The lowest BCUT2D eigenvalue weighted by Gasteiger charge is -2.27. The van der Waals surface area contributed by atoms with Crippen LogP contribution in [0.2, 0.25) is 0 Å². The minimum absolute atomic E-state index is 0.0280. The minimum Gasteiger partial charge on any atom is -0.469 e. The van der Waals surface area contributed by atoms with Gasteiger partial charge in [-0.3, -0.25) is 14.4 Å². The molecule has 1 saturated heterocycles. The van der Waals surface area contributed by atoms with Gasteiger partial charge in [0.1, 0.15) is 0 Å². The molecule has 0 aliphatic carbocycles. The standard InChI is InChI=1S/C19H26N2O5S/c1-25-19(24)7-8-21(13-16-5-3-2-4-6-16)18(23)15-27-14-17(22)20-9-11-26-12-10-20/h2-6H,7-15H2,1H3. The Hall–Kier alpha value is -2.06. The molecule has 148 valence electrons. The van der Waals surface area contributed by atoms with Crippen molar-refractivity contribution in [1.29, 1.82) is 0 Å². The number of hydrogen-bond acceptors (Lipinski definition) is 6.